The molecule has 0 saturated heterocycles. The van der Waals surface area contributed by atoms with Crippen molar-refractivity contribution in [3.8, 4) is 5.75 Å². The Balaban J connectivity index is 1.78. The van der Waals surface area contributed by atoms with Crippen LogP contribution in [0.1, 0.15) is 12.5 Å². The van der Waals surface area contributed by atoms with Crippen LogP contribution in [0.5, 0.6) is 5.75 Å². The molecular weight excluding hydrogens is 433 g/mol. The van der Waals surface area contributed by atoms with Crippen molar-refractivity contribution in [3.63, 3.8) is 0 Å². The van der Waals surface area contributed by atoms with Crippen LogP contribution in [0.4, 0.5) is 18.3 Å². The first kappa shape index (κ1) is 22.5. The molecule has 3 rings (SSSR count). The van der Waals surface area contributed by atoms with Crippen molar-refractivity contribution in [1.82, 2.24) is 10.3 Å². The highest BCUT2D eigenvalue weighted by molar-refractivity contribution is 7.22. The summed E-state index contributed by atoms with van der Waals surface area (Å²) >= 11 is 0.987. The number of nitrogens with two attached hydrogens (primary N) is 1. The SMILES string of the molecule is CC(N)C(=O)NC(Cc1ccccc1)C(=O)Nc1nc2ccc(OC(F)(F)F)cc2s1. The van der Waals surface area contributed by atoms with E-state index in [1.165, 1.54) is 19.1 Å². The fraction of sp³-hybridized carbons (Fsp3) is 0.250. The molecule has 0 fully saturated rings. The summed E-state index contributed by atoms with van der Waals surface area (Å²) in [6.07, 6.45) is -4.59. The molecule has 164 valence electrons. The van der Waals surface area contributed by atoms with Crippen molar-refractivity contribution >= 4 is 38.5 Å². The van der Waals surface area contributed by atoms with Gasteiger partial charge in [-0.3, -0.25) is 9.59 Å². The third-order valence-electron chi connectivity index (χ3n) is 4.15. The van der Waals surface area contributed by atoms with Gasteiger partial charge in [0.25, 0.3) is 0 Å². The monoisotopic (exact) mass is 452 g/mol. The van der Waals surface area contributed by atoms with E-state index in [9.17, 15) is 22.8 Å². The van der Waals surface area contributed by atoms with Gasteiger partial charge in [-0.15, -0.1) is 13.2 Å². The van der Waals surface area contributed by atoms with E-state index in [0.717, 1.165) is 23.0 Å². The lowest BCUT2D eigenvalue weighted by atomic mass is 10.0. The molecule has 2 atom stereocenters. The standard InChI is InChI=1S/C20H19F3N4O3S/c1-11(24)17(28)25-15(9-12-5-3-2-4-6-12)18(29)27-19-26-14-8-7-13(10-16(14)31-19)30-20(21,22)23/h2-8,10-11,15H,9,24H2,1H3,(H,25,28)(H,26,27,29). The highest BCUT2D eigenvalue weighted by Crippen LogP contribution is 2.31. The summed E-state index contributed by atoms with van der Waals surface area (Å²) in [5, 5.41) is 5.40. The van der Waals surface area contributed by atoms with Crippen LogP contribution in [-0.2, 0) is 16.0 Å². The van der Waals surface area contributed by atoms with Crippen LogP contribution in [-0.4, -0.2) is 35.2 Å². The van der Waals surface area contributed by atoms with Crippen molar-refractivity contribution in [1.29, 1.82) is 0 Å². The molecule has 0 aliphatic heterocycles. The molecule has 0 aliphatic rings. The normalized spacial score (nSPS) is 13.5. The number of amides is 2. The van der Waals surface area contributed by atoms with E-state index in [2.05, 4.69) is 20.4 Å². The lowest BCUT2D eigenvalue weighted by Gasteiger charge is -2.19. The zero-order valence-corrected chi connectivity index (χ0v) is 17.1. The summed E-state index contributed by atoms with van der Waals surface area (Å²) < 4.78 is 41.5. The highest BCUT2D eigenvalue weighted by Gasteiger charge is 2.31. The Kier molecular flexibility index (Phi) is 6.76. The van der Waals surface area contributed by atoms with Gasteiger partial charge in [0.15, 0.2) is 5.13 Å². The molecule has 0 radical (unpaired) electrons. The van der Waals surface area contributed by atoms with Gasteiger partial charge in [0, 0.05) is 12.5 Å². The second-order valence-corrected chi connectivity index (χ2v) is 7.76. The van der Waals surface area contributed by atoms with Gasteiger partial charge in [-0.1, -0.05) is 41.7 Å². The Labute approximate surface area is 179 Å². The summed E-state index contributed by atoms with van der Waals surface area (Å²) in [4.78, 5) is 29.1. The Morgan fingerprint density at radius 3 is 2.52 bits per heavy atom. The van der Waals surface area contributed by atoms with E-state index in [0.29, 0.717) is 10.2 Å². The van der Waals surface area contributed by atoms with Gasteiger partial charge >= 0.3 is 6.36 Å². The molecular formula is C20H19F3N4O3S. The third kappa shape index (κ3) is 6.40. The van der Waals surface area contributed by atoms with Crippen molar-refractivity contribution in [2.45, 2.75) is 31.8 Å². The Bertz CT molecular complexity index is 1070. The van der Waals surface area contributed by atoms with Crippen LogP contribution in [0.25, 0.3) is 10.2 Å². The lowest BCUT2D eigenvalue weighted by Crippen LogP contribution is -2.50. The second kappa shape index (κ2) is 9.31. The van der Waals surface area contributed by atoms with Crippen molar-refractivity contribution < 1.29 is 27.5 Å². The maximum Gasteiger partial charge on any atom is 0.573 e. The number of hydrogen-bond acceptors (Lipinski definition) is 6. The maximum atomic E-state index is 12.8. The number of nitrogens with one attached hydrogen (secondary N) is 2. The number of anilines is 1. The Hall–Kier alpha value is -3.18. The maximum absolute atomic E-state index is 12.8. The number of carbonyl (C=O) groups excluding carboxylic acids is 2. The van der Waals surface area contributed by atoms with E-state index in [1.807, 2.05) is 30.3 Å². The van der Waals surface area contributed by atoms with Gasteiger partial charge in [0.1, 0.15) is 11.8 Å². The fourth-order valence-electron chi connectivity index (χ4n) is 2.71. The number of aromatic nitrogens is 1. The average molecular weight is 452 g/mol. The topological polar surface area (TPSA) is 106 Å². The van der Waals surface area contributed by atoms with Crippen molar-refractivity contribution in [2.75, 3.05) is 5.32 Å². The summed E-state index contributed by atoms with van der Waals surface area (Å²) in [6.45, 7) is 1.50. The number of alkyl halides is 3. The summed E-state index contributed by atoms with van der Waals surface area (Å²) in [7, 11) is 0. The van der Waals surface area contributed by atoms with Crippen molar-refractivity contribution in [3.05, 3.63) is 54.1 Å². The number of hydrogen-bond donors (Lipinski definition) is 3. The molecule has 3 aromatic rings. The number of nitrogens with zero attached hydrogens (tertiary/aromatic N) is 1. The van der Waals surface area contributed by atoms with Crippen LogP contribution < -0.4 is 21.1 Å². The van der Waals surface area contributed by atoms with Crippen LogP contribution in [0, 0.1) is 0 Å². The minimum atomic E-state index is -4.81. The molecule has 31 heavy (non-hydrogen) atoms. The minimum Gasteiger partial charge on any atom is -0.406 e. The number of ether oxygens (including phenoxy) is 1. The van der Waals surface area contributed by atoms with E-state index in [4.69, 9.17) is 5.73 Å². The molecule has 0 bridgehead atoms. The fourth-order valence-corrected chi connectivity index (χ4v) is 3.61. The van der Waals surface area contributed by atoms with Gasteiger partial charge < -0.3 is 21.1 Å². The molecule has 2 aromatic carbocycles. The zero-order valence-electron chi connectivity index (χ0n) is 16.3. The summed E-state index contributed by atoms with van der Waals surface area (Å²) in [5.41, 5.74) is 6.82. The predicted octanol–water partition coefficient (Wildman–Crippen LogP) is 3.21. The molecule has 0 spiro atoms. The van der Waals surface area contributed by atoms with Crippen LogP contribution in [0.2, 0.25) is 0 Å². The quantitative estimate of drug-likeness (QED) is 0.511. The first-order chi connectivity index (χ1) is 14.6. The van der Waals surface area contributed by atoms with Gasteiger partial charge in [-0.2, -0.15) is 0 Å². The molecule has 1 heterocycles. The molecule has 2 amide bonds. The number of fused-ring (bicyclic) bond motifs is 1. The van der Waals surface area contributed by atoms with E-state index in [1.54, 1.807) is 0 Å². The minimum absolute atomic E-state index is 0.178. The first-order valence-electron chi connectivity index (χ1n) is 9.18. The molecule has 4 N–H and O–H groups in total. The Morgan fingerprint density at radius 2 is 1.87 bits per heavy atom. The predicted molar refractivity (Wildman–Crippen MR) is 111 cm³/mol. The number of halogens is 3. The summed E-state index contributed by atoms with van der Waals surface area (Å²) in [6, 6.07) is 11.1. The van der Waals surface area contributed by atoms with E-state index >= 15 is 0 Å². The number of carbonyl (C=O) groups is 2. The second-order valence-electron chi connectivity index (χ2n) is 6.73. The highest BCUT2D eigenvalue weighted by atomic mass is 32.1. The van der Waals surface area contributed by atoms with Gasteiger partial charge in [-0.25, -0.2) is 4.98 Å². The molecule has 0 aliphatic carbocycles. The molecule has 11 heteroatoms. The smallest absolute Gasteiger partial charge is 0.406 e. The molecule has 0 saturated carbocycles. The third-order valence-corrected chi connectivity index (χ3v) is 5.09. The Morgan fingerprint density at radius 1 is 1.16 bits per heavy atom. The largest absolute Gasteiger partial charge is 0.573 e. The van der Waals surface area contributed by atoms with Gasteiger partial charge in [0.05, 0.1) is 16.3 Å². The number of thiazole rings is 1. The molecule has 7 nitrogen and oxygen atoms in total. The van der Waals surface area contributed by atoms with Crippen LogP contribution in [0.15, 0.2) is 48.5 Å². The average Bonchev–Trinajstić information content (AvgIpc) is 3.08. The van der Waals surface area contributed by atoms with Crippen molar-refractivity contribution in [2.24, 2.45) is 5.73 Å². The first-order valence-corrected chi connectivity index (χ1v) is 9.99. The van der Waals surface area contributed by atoms with Crippen LogP contribution >= 0.6 is 11.3 Å². The lowest BCUT2D eigenvalue weighted by molar-refractivity contribution is -0.274. The number of rotatable bonds is 7. The molecule has 1 aromatic heterocycles. The molecule has 2 unspecified atom stereocenters. The van der Waals surface area contributed by atoms with Gasteiger partial charge in [0.2, 0.25) is 11.8 Å². The van der Waals surface area contributed by atoms with E-state index < -0.39 is 30.3 Å². The summed E-state index contributed by atoms with van der Waals surface area (Å²) in [5.74, 6) is -1.40. The zero-order chi connectivity index (χ0) is 22.6. The number of benzene rings is 2. The van der Waals surface area contributed by atoms with Crippen LogP contribution in [0.3, 0.4) is 0 Å². The van der Waals surface area contributed by atoms with Gasteiger partial charge in [-0.05, 0) is 24.6 Å². The van der Waals surface area contributed by atoms with E-state index in [-0.39, 0.29) is 17.3 Å².